The second kappa shape index (κ2) is 5.35. The van der Waals surface area contributed by atoms with E-state index in [9.17, 15) is 18.0 Å². The lowest BCUT2D eigenvalue weighted by Crippen LogP contribution is -2.14. The molecule has 0 atom stereocenters. The van der Waals surface area contributed by atoms with Crippen LogP contribution in [0.5, 0.6) is 5.88 Å². The summed E-state index contributed by atoms with van der Waals surface area (Å²) in [5.74, 6) is -1.45. The van der Waals surface area contributed by atoms with Gasteiger partial charge in [-0.3, -0.25) is 0 Å². The molecule has 4 nitrogen and oxygen atoms in total. The molecule has 0 aromatic carbocycles. The van der Waals surface area contributed by atoms with Gasteiger partial charge in [-0.05, 0) is 28.1 Å². The van der Waals surface area contributed by atoms with Crippen molar-refractivity contribution < 1.29 is 27.8 Å². The minimum absolute atomic E-state index is 0.172. The molecule has 0 aliphatic rings. The molecular formula is C9H7BrF3NO3. The molecule has 94 valence electrons. The highest BCUT2D eigenvalue weighted by molar-refractivity contribution is 9.10. The normalized spacial score (nSPS) is 11.3. The van der Waals surface area contributed by atoms with E-state index in [0.717, 1.165) is 0 Å². The fourth-order valence-electron chi connectivity index (χ4n) is 0.907. The lowest BCUT2D eigenvalue weighted by Gasteiger charge is -2.09. The molecule has 1 rings (SSSR count). The molecule has 1 N–H and O–H groups in total. The van der Waals surface area contributed by atoms with Gasteiger partial charge in [0.1, 0.15) is 0 Å². The van der Waals surface area contributed by atoms with Crippen molar-refractivity contribution >= 4 is 21.9 Å². The smallest absolute Gasteiger partial charge is 0.392 e. The standard InChI is InChI=1S/C9H7BrF3NO3/c10-5-1-2-6(8(15)16)14-7(5)17-4-3-9(11,12)13/h1-2H,3-4H2,(H,15,16). The molecule has 0 saturated heterocycles. The highest BCUT2D eigenvalue weighted by Gasteiger charge is 2.27. The zero-order valence-electron chi connectivity index (χ0n) is 8.29. The Morgan fingerprint density at radius 2 is 2.12 bits per heavy atom. The van der Waals surface area contributed by atoms with E-state index in [0.29, 0.717) is 4.47 Å². The third kappa shape index (κ3) is 4.59. The Morgan fingerprint density at radius 3 is 2.65 bits per heavy atom. The van der Waals surface area contributed by atoms with E-state index < -0.39 is 25.2 Å². The maximum Gasteiger partial charge on any atom is 0.392 e. The van der Waals surface area contributed by atoms with E-state index in [1.54, 1.807) is 0 Å². The largest absolute Gasteiger partial charge is 0.477 e. The number of pyridine rings is 1. The molecule has 0 amide bonds. The molecule has 8 heteroatoms. The lowest BCUT2D eigenvalue weighted by atomic mass is 10.3. The van der Waals surface area contributed by atoms with Crippen LogP contribution >= 0.6 is 15.9 Å². The van der Waals surface area contributed by atoms with Gasteiger partial charge >= 0.3 is 12.1 Å². The summed E-state index contributed by atoms with van der Waals surface area (Å²) in [7, 11) is 0. The number of ether oxygens (including phenoxy) is 1. The van der Waals surface area contributed by atoms with E-state index in [1.165, 1.54) is 12.1 Å². The van der Waals surface area contributed by atoms with Crippen molar-refractivity contribution in [1.29, 1.82) is 0 Å². The van der Waals surface area contributed by atoms with Gasteiger partial charge in [-0.2, -0.15) is 13.2 Å². The highest BCUT2D eigenvalue weighted by Crippen LogP contribution is 2.24. The van der Waals surface area contributed by atoms with Gasteiger partial charge in [0.15, 0.2) is 5.69 Å². The van der Waals surface area contributed by atoms with Gasteiger partial charge in [-0.25, -0.2) is 9.78 Å². The first kappa shape index (κ1) is 13.8. The number of hydrogen-bond acceptors (Lipinski definition) is 3. The summed E-state index contributed by atoms with van der Waals surface area (Å²) in [6, 6.07) is 2.56. The van der Waals surface area contributed by atoms with Crippen LogP contribution in [0.15, 0.2) is 16.6 Å². The molecule has 1 aromatic heterocycles. The maximum absolute atomic E-state index is 11.9. The zero-order chi connectivity index (χ0) is 13.1. The molecule has 0 aliphatic heterocycles. The van der Waals surface area contributed by atoms with Crippen LogP contribution in [-0.2, 0) is 0 Å². The number of alkyl halides is 3. The maximum atomic E-state index is 11.9. The topological polar surface area (TPSA) is 59.4 Å². The summed E-state index contributed by atoms with van der Waals surface area (Å²) < 4.78 is 40.6. The Bertz CT molecular complexity index is 422. The zero-order valence-corrected chi connectivity index (χ0v) is 9.88. The van der Waals surface area contributed by atoms with Gasteiger partial charge in [0, 0.05) is 0 Å². The molecule has 0 radical (unpaired) electrons. The average Bonchev–Trinajstić information content (AvgIpc) is 2.18. The number of carboxylic acids is 1. The minimum Gasteiger partial charge on any atom is -0.477 e. The third-order valence-electron chi connectivity index (χ3n) is 1.66. The van der Waals surface area contributed by atoms with Crippen LogP contribution in [0.4, 0.5) is 13.2 Å². The van der Waals surface area contributed by atoms with Crippen LogP contribution in [0.1, 0.15) is 16.9 Å². The fraction of sp³-hybridized carbons (Fsp3) is 0.333. The first-order chi connectivity index (χ1) is 7.79. The molecule has 0 aliphatic carbocycles. The Kier molecular flexibility index (Phi) is 4.33. The van der Waals surface area contributed by atoms with Crippen molar-refractivity contribution in [2.24, 2.45) is 0 Å². The van der Waals surface area contributed by atoms with Crippen molar-refractivity contribution in [2.45, 2.75) is 12.6 Å². The van der Waals surface area contributed by atoms with Crippen molar-refractivity contribution in [2.75, 3.05) is 6.61 Å². The number of aromatic nitrogens is 1. The Morgan fingerprint density at radius 1 is 1.47 bits per heavy atom. The van der Waals surface area contributed by atoms with Crippen LogP contribution < -0.4 is 4.74 Å². The summed E-state index contributed by atoms with van der Waals surface area (Å²) >= 11 is 3.00. The monoisotopic (exact) mass is 313 g/mol. The molecule has 0 unspecified atom stereocenters. The number of hydrogen-bond donors (Lipinski definition) is 1. The SMILES string of the molecule is O=C(O)c1ccc(Br)c(OCCC(F)(F)F)n1. The number of aromatic carboxylic acids is 1. The fourth-order valence-corrected chi connectivity index (χ4v) is 1.24. The predicted molar refractivity (Wildman–Crippen MR) is 55.1 cm³/mol. The summed E-state index contributed by atoms with van der Waals surface area (Å²) in [5, 5.41) is 8.64. The molecule has 0 saturated carbocycles. The summed E-state index contributed by atoms with van der Waals surface area (Å²) in [4.78, 5) is 14.1. The van der Waals surface area contributed by atoms with E-state index in [4.69, 9.17) is 9.84 Å². The van der Waals surface area contributed by atoms with Crippen LogP contribution in [0.3, 0.4) is 0 Å². The van der Waals surface area contributed by atoms with Crippen LogP contribution in [0.2, 0.25) is 0 Å². The second-order valence-electron chi connectivity index (χ2n) is 3.00. The summed E-state index contributed by atoms with van der Waals surface area (Å²) in [5.41, 5.74) is -0.296. The number of halogens is 4. The molecule has 0 fully saturated rings. The van der Waals surface area contributed by atoms with Crippen LogP contribution in [0.25, 0.3) is 0 Å². The van der Waals surface area contributed by atoms with Crippen LogP contribution in [-0.4, -0.2) is 28.8 Å². The van der Waals surface area contributed by atoms with E-state index >= 15 is 0 Å². The van der Waals surface area contributed by atoms with Gasteiger partial charge < -0.3 is 9.84 Å². The van der Waals surface area contributed by atoms with Gasteiger partial charge in [0.25, 0.3) is 0 Å². The van der Waals surface area contributed by atoms with Crippen molar-refractivity contribution in [3.05, 3.63) is 22.3 Å². The molecule has 1 heterocycles. The predicted octanol–water partition coefficient (Wildman–Crippen LogP) is 2.87. The summed E-state index contributed by atoms with van der Waals surface area (Å²) in [6.07, 6.45) is -5.45. The molecule has 17 heavy (non-hydrogen) atoms. The molecular weight excluding hydrogens is 307 g/mol. The number of nitrogens with zero attached hydrogens (tertiary/aromatic N) is 1. The lowest BCUT2D eigenvalue weighted by molar-refractivity contribution is -0.139. The Hall–Kier alpha value is -1.31. The Balaban J connectivity index is 2.70. The number of carbonyl (C=O) groups is 1. The van der Waals surface area contributed by atoms with Gasteiger partial charge in [-0.1, -0.05) is 0 Å². The van der Waals surface area contributed by atoms with E-state index in [2.05, 4.69) is 20.9 Å². The first-order valence-electron chi connectivity index (χ1n) is 4.39. The number of carboxylic acid groups (broad SMARTS) is 1. The van der Waals surface area contributed by atoms with Crippen molar-refractivity contribution in [3.63, 3.8) is 0 Å². The molecule has 0 spiro atoms. The van der Waals surface area contributed by atoms with Crippen LogP contribution in [0, 0.1) is 0 Å². The quantitative estimate of drug-likeness (QED) is 0.928. The van der Waals surface area contributed by atoms with E-state index in [-0.39, 0.29) is 11.6 Å². The van der Waals surface area contributed by atoms with Crippen molar-refractivity contribution in [3.8, 4) is 5.88 Å². The van der Waals surface area contributed by atoms with Gasteiger partial charge in [0.05, 0.1) is 17.5 Å². The minimum atomic E-state index is -4.32. The Labute approximate surface area is 103 Å². The first-order valence-corrected chi connectivity index (χ1v) is 5.18. The highest BCUT2D eigenvalue weighted by atomic mass is 79.9. The molecule has 0 bridgehead atoms. The number of rotatable bonds is 4. The van der Waals surface area contributed by atoms with E-state index in [1.807, 2.05) is 0 Å². The van der Waals surface area contributed by atoms with Gasteiger partial charge in [-0.15, -0.1) is 0 Å². The average molecular weight is 314 g/mol. The molecule has 1 aromatic rings. The third-order valence-corrected chi connectivity index (χ3v) is 2.26. The van der Waals surface area contributed by atoms with Gasteiger partial charge in [0.2, 0.25) is 5.88 Å². The summed E-state index contributed by atoms with van der Waals surface area (Å²) in [6.45, 7) is -0.613. The second-order valence-corrected chi connectivity index (χ2v) is 3.86. The van der Waals surface area contributed by atoms with Crippen molar-refractivity contribution in [1.82, 2.24) is 4.98 Å².